The van der Waals surface area contributed by atoms with Crippen LogP contribution in [0.15, 0.2) is 121 Å². The molecule has 0 spiro atoms. The average molecular weight is 510 g/mol. The number of nitrogens with two attached hydrogens (primary N) is 1. The molecule has 0 amide bonds. The third-order valence-electron chi connectivity index (χ3n) is 6.83. The summed E-state index contributed by atoms with van der Waals surface area (Å²) in [7, 11) is 0. The predicted octanol–water partition coefficient (Wildman–Crippen LogP) is 5.84. The summed E-state index contributed by atoms with van der Waals surface area (Å²) < 4.78 is 25.9. The van der Waals surface area contributed by atoms with Crippen LogP contribution in [0.3, 0.4) is 0 Å². The fourth-order valence-corrected chi connectivity index (χ4v) is 4.85. The first-order chi connectivity index (χ1) is 18.8. The van der Waals surface area contributed by atoms with Crippen LogP contribution < -0.4 is 5.73 Å². The van der Waals surface area contributed by atoms with Crippen LogP contribution in [-0.2, 0) is 38.8 Å². The lowest BCUT2D eigenvalue weighted by atomic mass is 9.89. The number of hydrogen-bond donors (Lipinski definition) is 1. The molecule has 0 bridgehead atoms. The Balaban J connectivity index is 1.39. The van der Waals surface area contributed by atoms with Crippen LogP contribution in [0.5, 0.6) is 0 Å². The highest BCUT2D eigenvalue weighted by molar-refractivity contribution is 5.22. The van der Waals surface area contributed by atoms with Crippen LogP contribution in [0.4, 0.5) is 0 Å². The molecule has 2 N–H and O–H groups in total. The molecule has 1 heterocycles. The molecule has 5 nitrogen and oxygen atoms in total. The van der Waals surface area contributed by atoms with Gasteiger partial charge < -0.3 is 24.7 Å². The van der Waals surface area contributed by atoms with Gasteiger partial charge in [0.05, 0.1) is 32.5 Å². The summed E-state index contributed by atoms with van der Waals surface area (Å²) in [6.07, 6.45) is -1.53. The number of rotatable bonds is 11. The molecule has 0 aliphatic carbocycles. The second-order valence-electron chi connectivity index (χ2n) is 9.61. The van der Waals surface area contributed by atoms with Crippen LogP contribution >= 0.6 is 0 Å². The molecule has 196 valence electrons. The Morgan fingerprint density at radius 3 is 1.53 bits per heavy atom. The maximum Gasteiger partial charge on any atom is 0.114 e. The Bertz CT molecular complexity index is 1210. The first-order valence-corrected chi connectivity index (χ1v) is 13.2. The van der Waals surface area contributed by atoms with Gasteiger partial charge in [0.15, 0.2) is 0 Å². The van der Waals surface area contributed by atoms with Crippen LogP contribution in [0.25, 0.3) is 0 Å². The van der Waals surface area contributed by atoms with Gasteiger partial charge in [0.25, 0.3) is 0 Å². The SMILES string of the molecule is N[C@H]1[C@@H](OCc2ccccc2)[C@@H](OCc2ccccc2)[C@@H](COCc2ccccc2)O[C@H]1c1ccccc1. The van der Waals surface area contributed by atoms with Crippen LogP contribution in [0.1, 0.15) is 28.4 Å². The molecule has 1 aliphatic heterocycles. The fraction of sp³-hybridized carbons (Fsp3) is 0.273. The number of ether oxygens (including phenoxy) is 4. The largest absolute Gasteiger partial charge is 0.374 e. The third kappa shape index (κ3) is 6.95. The highest BCUT2D eigenvalue weighted by Gasteiger charge is 2.46. The van der Waals surface area contributed by atoms with E-state index in [1.165, 1.54) is 0 Å². The van der Waals surface area contributed by atoms with Crippen molar-refractivity contribution in [3.8, 4) is 0 Å². The minimum atomic E-state index is -0.424. The molecule has 5 rings (SSSR count). The van der Waals surface area contributed by atoms with Crippen molar-refractivity contribution in [1.29, 1.82) is 0 Å². The van der Waals surface area contributed by atoms with E-state index in [0.717, 1.165) is 22.3 Å². The van der Waals surface area contributed by atoms with Crippen molar-refractivity contribution >= 4 is 0 Å². The smallest absolute Gasteiger partial charge is 0.114 e. The topological polar surface area (TPSA) is 62.9 Å². The van der Waals surface area contributed by atoms with Gasteiger partial charge in [0.2, 0.25) is 0 Å². The molecule has 0 aromatic heterocycles. The lowest BCUT2D eigenvalue weighted by Crippen LogP contribution is -2.60. The molecule has 0 radical (unpaired) electrons. The van der Waals surface area contributed by atoms with Gasteiger partial charge in [-0.25, -0.2) is 0 Å². The van der Waals surface area contributed by atoms with E-state index in [0.29, 0.717) is 26.4 Å². The van der Waals surface area contributed by atoms with Crippen molar-refractivity contribution in [2.24, 2.45) is 5.73 Å². The standard InChI is InChI=1S/C33H35NO4/c34-30-31(28-19-11-4-12-20-28)38-29(24-35-21-25-13-5-1-6-14-25)32(36-22-26-15-7-2-8-16-26)33(30)37-23-27-17-9-3-10-18-27/h1-20,29-33H,21-24,34H2/t29-,30-,31+,32+,33-/m1/s1. The van der Waals surface area contributed by atoms with Crippen molar-refractivity contribution in [3.05, 3.63) is 144 Å². The molecule has 0 unspecified atom stereocenters. The highest BCUT2D eigenvalue weighted by atomic mass is 16.6. The summed E-state index contributed by atoms with van der Waals surface area (Å²) in [5, 5.41) is 0. The molecule has 1 saturated heterocycles. The Morgan fingerprint density at radius 2 is 1.00 bits per heavy atom. The Labute approximate surface area is 225 Å². The zero-order chi connectivity index (χ0) is 26.0. The Morgan fingerprint density at radius 1 is 0.553 bits per heavy atom. The molecule has 1 aliphatic rings. The van der Waals surface area contributed by atoms with Crippen molar-refractivity contribution in [3.63, 3.8) is 0 Å². The summed E-state index contributed by atoms with van der Waals surface area (Å²) in [6, 6.07) is 40.1. The van der Waals surface area contributed by atoms with Crippen molar-refractivity contribution in [2.75, 3.05) is 6.61 Å². The second-order valence-corrected chi connectivity index (χ2v) is 9.61. The maximum absolute atomic E-state index is 6.89. The van der Waals surface area contributed by atoms with E-state index in [9.17, 15) is 0 Å². The minimum Gasteiger partial charge on any atom is -0.374 e. The molecule has 4 aromatic carbocycles. The quantitative estimate of drug-likeness (QED) is 0.275. The van der Waals surface area contributed by atoms with Gasteiger partial charge >= 0.3 is 0 Å². The van der Waals surface area contributed by atoms with Crippen LogP contribution in [0.2, 0.25) is 0 Å². The summed E-state index contributed by atoms with van der Waals surface area (Å²) in [4.78, 5) is 0. The second kappa shape index (κ2) is 13.5. The van der Waals surface area contributed by atoms with E-state index in [1.807, 2.05) is 84.9 Å². The molecule has 0 saturated carbocycles. The van der Waals surface area contributed by atoms with Gasteiger partial charge in [0.1, 0.15) is 24.4 Å². The van der Waals surface area contributed by atoms with E-state index < -0.39 is 18.2 Å². The van der Waals surface area contributed by atoms with E-state index in [4.69, 9.17) is 24.7 Å². The maximum atomic E-state index is 6.89. The lowest BCUT2D eigenvalue weighted by Gasteiger charge is -2.45. The summed E-state index contributed by atoms with van der Waals surface area (Å²) in [5.41, 5.74) is 11.2. The van der Waals surface area contributed by atoms with E-state index in [-0.39, 0.29) is 12.2 Å². The molecular formula is C33H35NO4. The molecule has 1 fully saturated rings. The molecule has 5 atom stereocenters. The Hall–Kier alpha value is -3.32. The number of benzene rings is 4. The normalized spacial score (nSPS) is 23.2. The monoisotopic (exact) mass is 509 g/mol. The highest BCUT2D eigenvalue weighted by Crippen LogP contribution is 2.35. The van der Waals surface area contributed by atoms with Gasteiger partial charge in [-0.15, -0.1) is 0 Å². The third-order valence-corrected chi connectivity index (χ3v) is 6.83. The van der Waals surface area contributed by atoms with Gasteiger partial charge in [-0.3, -0.25) is 0 Å². The van der Waals surface area contributed by atoms with Crippen molar-refractivity contribution in [2.45, 2.75) is 50.3 Å². The molecule has 4 aromatic rings. The zero-order valence-electron chi connectivity index (χ0n) is 21.5. The van der Waals surface area contributed by atoms with Gasteiger partial charge in [-0.05, 0) is 22.3 Å². The average Bonchev–Trinajstić information content (AvgIpc) is 2.98. The van der Waals surface area contributed by atoms with Gasteiger partial charge in [0, 0.05) is 0 Å². The minimum absolute atomic E-state index is 0.348. The van der Waals surface area contributed by atoms with E-state index in [1.54, 1.807) is 0 Å². The predicted molar refractivity (Wildman–Crippen MR) is 148 cm³/mol. The molecular weight excluding hydrogens is 474 g/mol. The summed E-state index contributed by atoms with van der Waals surface area (Å²) in [6.45, 7) is 1.71. The van der Waals surface area contributed by atoms with Crippen LogP contribution in [-0.4, -0.2) is 31.0 Å². The Kier molecular flexibility index (Phi) is 9.32. The van der Waals surface area contributed by atoms with Crippen LogP contribution in [0, 0.1) is 0 Å². The molecule has 38 heavy (non-hydrogen) atoms. The van der Waals surface area contributed by atoms with Gasteiger partial charge in [-0.1, -0.05) is 121 Å². The van der Waals surface area contributed by atoms with Crippen molar-refractivity contribution in [1.82, 2.24) is 0 Å². The summed E-state index contributed by atoms with van der Waals surface area (Å²) >= 11 is 0. The lowest BCUT2D eigenvalue weighted by molar-refractivity contribution is -0.230. The summed E-state index contributed by atoms with van der Waals surface area (Å²) in [5.74, 6) is 0. The number of hydrogen-bond acceptors (Lipinski definition) is 5. The van der Waals surface area contributed by atoms with Gasteiger partial charge in [-0.2, -0.15) is 0 Å². The van der Waals surface area contributed by atoms with E-state index in [2.05, 4.69) is 36.4 Å². The first kappa shape index (κ1) is 26.3. The zero-order valence-corrected chi connectivity index (χ0v) is 21.5. The van der Waals surface area contributed by atoms with Crippen molar-refractivity contribution < 1.29 is 18.9 Å². The first-order valence-electron chi connectivity index (χ1n) is 13.2. The van der Waals surface area contributed by atoms with E-state index >= 15 is 0 Å². The molecule has 5 heteroatoms. The fourth-order valence-electron chi connectivity index (χ4n) is 4.85.